The molecule has 1 aromatic rings. The van der Waals surface area contributed by atoms with Crippen LogP contribution in [0, 0.1) is 0 Å². The fraction of sp³-hybridized carbons (Fsp3) is 0.400. The number of rotatable bonds is 3. The molecule has 4 N–H and O–H groups in total. The maximum Gasteiger partial charge on any atom is 0.242 e. The van der Waals surface area contributed by atoms with Crippen molar-refractivity contribution >= 4 is 27.3 Å². The van der Waals surface area contributed by atoms with E-state index in [4.69, 9.17) is 22.4 Å². The van der Waals surface area contributed by atoms with Crippen molar-refractivity contribution in [2.75, 3.05) is 5.73 Å². The number of nitrogens with one attached hydrogen (secondary N) is 1. The van der Waals surface area contributed by atoms with Crippen LogP contribution in [0.15, 0.2) is 23.1 Å². The number of nitrogen functional groups attached to an aromatic ring is 1. The topological polar surface area (TPSA) is 92.4 Å². The molecule has 0 aromatic heterocycles. The predicted octanol–water partition coefficient (Wildman–Crippen LogP) is 0.724. The molecule has 1 fully saturated rings. The van der Waals surface area contributed by atoms with Crippen LogP contribution in [0.4, 0.5) is 5.69 Å². The van der Waals surface area contributed by atoms with Gasteiger partial charge < -0.3 is 10.8 Å². The third-order valence-corrected chi connectivity index (χ3v) is 4.68. The Kier molecular flexibility index (Phi) is 3.31. The van der Waals surface area contributed by atoms with Crippen molar-refractivity contribution in [3.8, 4) is 0 Å². The first kappa shape index (κ1) is 12.6. The van der Waals surface area contributed by atoms with Crippen LogP contribution in [0.3, 0.4) is 0 Å². The molecular formula is C10H13ClN2O3S. The third kappa shape index (κ3) is 2.71. The number of hydrogen-bond acceptors (Lipinski definition) is 4. The van der Waals surface area contributed by atoms with E-state index < -0.39 is 16.1 Å². The summed E-state index contributed by atoms with van der Waals surface area (Å²) in [5.74, 6) is 0. The molecule has 7 heteroatoms. The molecule has 0 unspecified atom stereocenters. The number of halogens is 1. The van der Waals surface area contributed by atoms with Gasteiger partial charge in [0.2, 0.25) is 10.0 Å². The molecule has 5 nitrogen and oxygen atoms in total. The van der Waals surface area contributed by atoms with Crippen molar-refractivity contribution in [2.45, 2.75) is 29.9 Å². The number of nitrogens with two attached hydrogens (primary N) is 1. The number of aliphatic hydroxyl groups excluding tert-OH is 1. The number of anilines is 1. The largest absolute Gasteiger partial charge is 0.399 e. The summed E-state index contributed by atoms with van der Waals surface area (Å²) in [5, 5.41) is 9.19. The smallest absolute Gasteiger partial charge is 0.242 e. The Morgan fingerprint density at radius 2 is 2.06 bits per heavy atom. The molecule has 17 heavy (non-hydrogen) atoms. The molecule has 0 bridgehead atoms. The van der Waals surface area contributed by atoms with Gasteiger partial charge in [0.05, 0.1) is 11.1 Å². The lowest BCUT2D eigenvalue weighted by atomic mass is 9.91. The van der Waals surface area contributed by atoms with E-state index in [0.29, 0.717) is 18.5 Å². The highest BCUT2D eigenvalue weighted by molar-refractivity contribution is 7.89. The summed E-state index contributed by atoms with van der Waals surface area (Å²) in [6.07, 6.45) is 0.460. The van der Waals surface area contributed by atoms with Gasteiger partial charge in [-0.3, -0.25) is 0 Å². The summed E-state index contributed by atoms with van der Waals surface area (Å²) in [4.78, 5) is 0.00903. The summed E-state index contributed by atoms with van der Waals surface area (Å²) in [6.45, 7) is 0. The molecule has 1 aliphatic rings. The van der Waals surface area contributed by atoms with Crippen molar-refractivity contribution < 1.29 is 13.5 Å². The Bertz CT molecular complexity index is 526. The third-order valence-electron chi connectivity index (χ3n) is 2.68. The van der Waals surface area contributed by atoms with E-state index in [9.17, 15) is 8.42 Å². The second-order valence-electron chi connectivity index (χ2n) is 4.13. The molecule has 1 aliphatic carbocycles. The molecule has 0 aliphatic heterocycles. The van der Waals surface area contributed by atoms with Crippen LogP contribution in [0.5, 0.6) is 0 Å². The van der Waals surface area contributed by atoms with Crippen LogP contribution in [-0.4, -0.2) is 25.7 Å². The Labute approximate surface area is 105 Å². The SMILES string of the molecule is Nc1ccc(S(=O)(=O)NC2CC(O)C2)c(Cl)c1. The van der Waals surface area contributed by atoms with Gasteiger partial charge in [-0.2, -0.15) is 0 Å². The van der Waals surface area contributed by atoms with E-state index in [0.717, 1.165) is 0 Å². The Hall–Kier alpha value is -0.820. The van der Waals surface area contributed by atoms with Crippen LogP contribution in [0.2, 0.25) is 5.02 Å². The zero-order chi connectivity index (χ0) is 12.6. The Balaban J connectivity index is 2.20. The lowest BCUT2D eigenvalue weighted by Crippen LogP contribution is -2.46. The lowest BCUT2D eigenvalue weighted by Gasteiger charge is -2.31. The molecule has 1 aromatic carbocycles. The predicted molar refractivity (Wildman–Crippen MR) is 65.2 cm³/mol. The van der Waals surface area contributed by atoms with E-state index in [-0.39, 0.29) is 16.0 Å². The molecule has 0 saturated heterocycles. The van der Waals surface area contributed by atoms with Gasteiger partial charge >= 0.3 is 0 Å². The minimum atomic E-state index is -3.64. The summed E-state index contributed by atoms with van der Waals surface area (Å²) in [6, 6.07) is 4.03. The highest BCUT2D eigenvalue weighted by Crippen LogP contribution is 2.26. The molecule has 2 rings (SSSR count). The van der Waals surface area contributed by atoms with E-state index in [1.165, 1.54) is 18.2 Å². The first-order valence-corrected chi connectivity index (χ1v) is 7.00. The summed E-state index contributed by atoms with van der Waals surface area (Å²) in [5.41, 5.74) is 5.91. The summed E-state index contributed by atoms with van der Waals surface area (Å²) >= 11 is 5.84. The van der Waals surface area contributed by atoms with Gasteiger partial charge in [-0.15, -0.1) is 0 Å². The molecule has 0 atom stereocenters. The average molecular weight is 277 g/mol. The van der Waals surface area contributed by atoms with Gasteiger partial charge in [0.25, 0.3) is 0 Å². The van der Waals surface area contributed by atoms with Crippen LogP contribution in [0.25, 0.3) is 0 Å². The normalized spacial score (nSPS) is 24.4. The van der Waals surface area contributed by atoms with E-state index >= 15 is 0 Å². The summed E-state index contributed by atoms with van der Waals surface area (Å²) in [7, 11) is -3.64. The molecular weight excluding hydrogens is 264 g/mol. The van der Waals surface area contributed by atoms with Gasteiger partial charge in [-0.05, 0) is 31.0 Å². The van der Waals surface area contributed by atoms with Crippen molar-refractivity contribution in [3.63, 3.8) is 0 Å². The van der Waals surface area contributed by atoms with Crippen molar-refractivity contribution in [1.82, 2.24) is 4.72 Å². The molecule has 0 spiro atoms. The molecule has 1 saturated carbocycles. The maximum absolute atomic E-state index is 12.0. The second-order valence-corrected chi connectivity index (χ2v) is 6.22. The highest BCUT2D eigenvalue weighted by Gasteiger charge is 2.31. The Morgan fingerprint density at radius 3 is 2.59 bits per heavy atom. The number of benzene rings is 1. The zero-order valence-corrected chi connectivity index (χ0v) is 10.5. The van der Waals surface area contributed by atoms with Crippen LogP contribution < -0.4 is 10.5 Å². The minimum Gasteiger partial charge on any atom is -0.399 e. The van der Waals surface area contributed by atoms with E-state index in [2.05, 4.69) is 4.72 Å². The van der Waals surface area contributed by atoms with E-state index in [1.54, 1.807) is 0 Å². The first-order chi connectivity index (χ1) is 7.88. The van der Waals surface area contributed by atoms with Crippen molar-refractivity contribution in [3.05, 3.63) is 23.2 Å². The van der Waals surface area contributed by atoms with Gasteiger partial charge in [0.15, 0.2) is 0 Å². The fourth-order valence-corrected chi connectivity index (χ4v) is 3.52. The zero-order valence-electron chi connectivity index (χ0n) is 8.93. The van der Waals surface area contributed by atoms with Gasteiger partial charge in [-0.25, -0.2) is 13.1 Å². The van der Waals surface area contributed by atoms with Crippen LogP contribution in [-0.2, 0) is 10.0 Å². The van der Waals surface area contributed by atoms with Crippen molar-refractivity contribution in [2.24, 2.45) is 0 Å². The molecule has 0 heterocycles. The number of sulfonamides is 1. The summed E-state index contributed by atoms with van der Waals surface area (Å²) < 4.78 is 26.4. The molecule has 94 valence electrons. The average Bonchev–Trinajstić information content (AvgIpc) is 2.14. The molecule has 0 amide bonds. The monoisotopic (exact) mass is 276 g/mol. The highest BCUT2D eigenvalue weighted by atomic mass is 35.5. The van der Waals surface area contributed by atoms with Gasteiger partial charge in [0, 0.05) is 11.7 Å². The van der Waals surface area contributed by atoms with Gasteiger partial charge in [0.1, 0.15) is 4.90 Å². The van der Waals surface area contributed by atoms with Crippen molar-refractivity contribution in [1.29, 1.82) is 0 Å². The second kappa shape index (κ2) is 4.45. The number of hydrogen-bond donors (Lipinski definition) is 3. The molecule has 0 radical (unpaired) electrons. The first-order valence-electron chi connectivity index (χ1n) is 5.14. The van der Waals surface area contributed by atoms with Crippen LogP contribution >= 0.6 is 11.6 Å². The maximum atomic E-state index is 12.0. The fourth-order valence-electron chi connectivity index (χ4n) is 1.70. The minimum absolute atomic E-state index is 0.00903. The standard InChI is InChI=1S/C10H13ClN2O3S/c11-9-3-6(12)1-2-10(9)17(15,16)13-7-4-8(14)5-7/h1-3,7-8,13-14H,4-5,12H2. The van der Waals surface area contributed by atoms with E-state index in [1.807, 2.05) is 0 Å². The van der Waals surface area contributed by atoms with Crippen LogP contribution in [0.1, 0.15) is 12.8 Å². The quantitative estimate of drug-likeness (QED) is 0.710. The lowest BCUT2D eigenvalue weighted by molar-refractivity contribution is 0.0712. The number of aliphatic hydroxyl groups is 1. The van der Waals surface area contributed by atoms with Gasteiger partial charge in [-0.1, -0.05) is 11.6 Å². The Morgan fingerprint density at radius 1 is 1.41 bits per heavy atom.